The molecule has 0 aliphatic rings. The van der Waals surface area contributed by atoms with Crippen LogP contribution in [0.3, 0.4) is 0 Å². The highest BCUT2D eigenvalue weighted by Gasteiger charge is 2.04. The van der Waals surface area contributed by atoms with Gasteiger partial charge in [-0.2, -0.15) is 5.11 Å². The minimum atomic E-state index is 0.0582. The van der Waals surface area contributed by atoms with Gasteiger partial charge in [-0.25, -0.2) is 0 Å². The van der Waals surface area contributed by atoms with Gasteiger partial charge in [-0.15, -0.1) is 5.11 Å². The molecule has 0 heterocycles. The smallest absolute Gasteiger partial charge is 0.146 e. The fourth-order valence-electron chi connectivity index (χ4n) is 1.67. The molecular weight excluding hydrogens is 240 g/mol. The van der Waals surface area contributed by atoms with Crippen LogP contribution in [0.2, 0.25) is 0 Å². The summed E-state index contributed by atoms with van der Waals surface area (Å²) < 4.78 is 5.06. The standard InChI is InChI=1S/C15H15N2O2/c1-10-8-11(2)15(18)14(9-10)17-16-12-4-6-13(19-3)7-5-12/h4-9,18H,2H2,1,3H3/b17-16+. The summed E-state index contributed by atoms with van der Waals surface area (Å²) >= 11 is 0. The van der Waals surface area contributed by atoms with E-state index in [0.717, 1.165) is 11.3 Å². The average molecular weight is 255 g/mol. The molecule has 0 aromatic heterocycles. The highest BCUT2D eigenvalue weighted by Crippen LogP contribution is 2.32. The topological polar surface area (TPSA) is 54.2 Å². The number of rotatable bonds is 3. The molecule has 0 aliphatic carbocycles. The number of methoxy groups -OCH3 is 1. The quantitative estimate of drug-likeness (QED) is 0.831. The van der Waals surface area contributed by atoms with Crippen molar-refractivity contribution in [3.8, 4) is 11.5 Å². The van der Waals surface area contributed by atoms with E-state index in [1.165, 1.54) is 0 Å². The van der Waals surface area contributed by atoms with Crippen molar-refractivity contribution in [1.29, 1.82) is 0 Å². The van der Waals surface area contributed by atoms with Gasteiger partial charge < -0.3 is 9.84 Å². The van der Waals surface area contributed by atoms with Crippen LogP contribution in [0, 0.1) is 13.8 Å². The number of ether oxygens (including phenoxy) is 1. The highest BCUT2D eigenvalue weighted by atomic mass is 16.5. The van der Waals surface area contributed by atoms with Crippen molar-refractivity contribution in [2.75, 3.05) is 7.11 Å². The predicted octanol–water partition coefficient (Wildman–Crippen LogP) is 4.31. The van der Waals surface area contributed by atoms with Gasteiger partial charge in [0.1, 0.15) is 17.2 Å². The van der Waals surface area contributed by atoms with Crippen LogP contribution in [0.5, 0.6) is 11.5 Å². The van der Waals surface area contributed by atoms with Crippen molar-refractivity contribution in [3.63, 3.8) is 0 Å². The summed E-state index contributed by atoms with van der Waals surface area (Å²) in [6.07, 6.45) is 0. The Balaban J connectivity index is 2.27. The summed E-state index contributed by atoms with van der Waals surface area (Å²) in [7, 11) is 1.61. The van der Waals surface area contributed by atoms with Crippen LogP contribution >= 0.6 is 0 Å². The number of azo groups is 1. The zero-order valence-electron chi connectivity index (χ0n) is 10.9. The normalized spacial score (nSPS) is 10.9. The summed E-state index contributed by atoms with van der Waals surface area (Å²) in [5, 5.41) is 18.0. The van der Waals surface area contributed by atoms with Gasteiger partial charge in [0.2, 0.25) is 0 Å². The lowest BCUT2D eigenvalue weighted by molar-refractivity contribution is 0.415. The Hall–Kier alpha value is -2.36. The molecular formula is C15H15N2O2. The van der Waals surface area contributed by atoms with Gasteiger partial charge in [-0.1, -0.05) is 6.07 Å². The minimum absolute atomic E-state index is 0.0582. The maximum Gasteiger partial charge on any atom is 0.146 e. The van der Waals surface area contributed by atoms with Gasteiger partial charge in [0.05, 0.1) is 12.8 Å². The summed E-state index contributed by atoms with van der Waals surface area (Å²) in [5.41, 5.74) is 2.63. The molecule has 1 radical (unpaired) electrons. The number of aromatic hydroxyl groups is 1. The third-order valence-electron chi connectivity index (χ3n) is 2.66. The summed E-state index contributed by atoms with van der Waals surface area (Å²) in [6.45, 7) is 5.67. The lowest BCUT2D eigenvalue weighted by atomic mass is 10.1. The lowest BCUT2D eigenvalue weighted by Gasteiger charge is -2.03. The van der Waals surface area contributed by atoms with Gasteiger partial charge in [0, 0.05) is 0 Å². The van der Waals surface area contributed by atoms with E-state index in [4.69, 9.17) is 4.74 Å². The van der Waals surface area contributed by atoms with Crippen molar-refractivity contribution in [1.82, 2.24) is 0 Å². The Morgan fingerprint density at radius 3 is 2.42 bits per heavy atom. The summed E-state index contributed by atoms with van der Waals surface area (Å²) in [4.78, 5) is 0. The van der Waals surface area contributed by atoms with Gasteiger partial charge in [-0.05, 0) is 55.3 Å². The Labute approximate surface area is 112 Å². The zero-order chi connectivity index (χ0) is 13.8. The van der Waals surface area contributed by atoms with Crippen LogP contribution in [-0.4, -0.2) is 12.2 Å². The van der Waals surface area contributed by atoms with E-state index >= 15 is 0 Å². The number of aryl methyl sites for hydroxylation is 1. The third kappa shape index (κ3) is 3.10. The fraction of sp³-hybridized carbons (Fsp3) is 0.133. The molecule has 0 bridgehead atoms. The van der Waals surface area contributed by atoms with Crippen molar-refractivity contribution in [2.24, 2.45) is 10.2 Å². The molecule has 1 N–H and O–H groups in total. The molecule has 4 heteroatoms. The second-order valence-electron chi connectivity index (χ2n) is 4.19. The molecule has 2 rings (SSSR count). The molecule has 0 amide bonds. The second kappa shape index (κ2) is 5.52. The Bertz CT molecular complexity index is 604. The Morgan fingerprint density at radius 1 is 1.11 bits per heavy atom. The molecule has 0 atom stereocenters. The maximum absolute atomic E-state index is 9.85. The van der Waals surface area contributed by atoms with E-state index in [2.05, 4.69) is 17.2 Å². The van der Waals surface area contributed by atoms with Gasteiger partial charge in [0.15, 0.2) is 0 Å². The minimum Gasteiger partial charge on any atom is -0.505 e. The van der Waals surface area contributed by atoms with Crippen LogP contribution in [0.4, 0.5) is 11.4 Å². The number of hydrogen-bond donors (Lipinski definition) is 1. The van der Waals surface area contributed by atoms with Crippen LogP contribution in [-0.2, 0) is 0 Å². The van der Waals surface area contributed by atoms with Crippen molar-refractivity contribution in [2.45, 2.75) is 6.92 Å². The van der Waals surface area contributed by atoms with Crippen molar-refractivity contribution in [3.05, 3.63) is 54.4 Å². The molecule has 0 fully saturated rings. The van der Waals surface area contributed by atoms with Crippen LogP contribution in [0.25, 0.3) is 0 Å². The van der Waals surface area contributed by atoms with E-state index in [1.54, 1.807) is 43.5 Å². The van der Waals surface area contributed by atoms with Crippen molar-refractivity contribution >= 4 is 11.4 Å². The molecule has 97 valence electrons. The first-order chi connectivity index (χ1) is 9.10. The predicted molar refractivity (Wildman–Crippen MR) is 74.5 cm³/mol. The number of benzene rings is 2. The fourth-order valence-corrected chi connectivity index (χ4v) is 1.67. The molecule has 0 aliphatic heterocycles. The second-order valence-corrected chi connectivity index (χ2v) is 4.19. The molecule has 0 saturated heterocycles. The Morgan fingerprint density at radius 2 is 1.79 bits per heavy atom. The van der Waals surface area contributed by atoms with Crippen LogP contribution in [0.15, 0.2) is 46.6 Å². The molecule has 0 unspecified atom stereocenters. The lowest BCUT2D eigenvalue weighted by Crippen LogP contribution is -1.80. The first kappa shape index (κ1) is 13.1. The SMILES string of the molecule is [CH2]c1cc(C)cc(/N=N/c2ccc(OC)cc2)c1O. The molecule has 2 aromatic carbocycles. The number of nitrogens with zero attached hydrogens (tertiary/aromatic N) is 2. The molecule has 0 spiro atoms. The summed E-state index contributed by atoms with van der Waals surface area (Å²) in [6, 6.07) is 10.7. The van der Waals surface area contributed by atoms with Gasteiger partial charge >= 0.3 is 0 Å². The van der Waals surface area contributed by atoms with Crippen molar-refractivity contribution < 1.29 is 9.84 Å². The molecule has 19 heavy (non-hydrogen) atoms. The van der Waals surface area contributed by atoms with E-state index in [-0.39, 0.29) is 5.75 Å². The van der Waals surface area contributed by atoms with E-state index < -0.39 is 0 Å². The maximum atomic E-state index is 9.85. The largest absolute Gasteiger partial charge is 0.505 e. The third-order valence-corrected chi connectivity index (χ3v) is 2.66. The first-order valence-electron chi connectivity index (χ1n) is 5.81. The van der Waals surface area contributed by atoms with Gasteiger partial charge in [-0.3, -0.25) is 0 Å². The van der Waals surface area contributed by atoms with Crippen LogP contribution < -0.4 is 4.74 Å². The van der Waals surface area contributed by atoms with Crippen LogP contribution in [0.1, 0.15) is 11.1 Å². The molecule has 2 aromatic rings. The Kier molecular flexibility index (Phi) is 3.80. The highest BCUT2D eigenvalue weighted by molar-refractivity contribution is 5.58. The first-order valence-corrected chi connectivity index (χ1v) is 5.81. The monoisotopic (exact) mass is 255 g/mol. The average Bonchev–Trinajstić information content (AvgIpc) is 2.41. The van der Waals surface area contributed by atoms with E-state index in [0.29, 0.717) is 16.9 Å². The summed E-state index contributed by atoms with van der Waals surface area (Å²) in [5.74, 6) is 0.820. The van der Waals surface area contributed by atoms with Gasteiger partial charge in [0.25, 0.3) is 0 Å². The number of phenols is 1. The zero-order valence-corrected chi connectivity index (χ0v) is 10.9. The molecule has 4 nitrogen and oxygen atoms in total. The molecule has 0 saturated carbocycles. The van der Waals surface area contributed by atoms with E-state index in [9.17, 15) is 5.11 Å². The van der Waals surface area contributed by atoms with E-state index in [1.807, 2.05) is 6.92 Å². The number of phenolic OH excluding ortho intramolecular Hbond substituents is 1. The number of hydrogen-bond acceptors (Lipinski definition) is 4.